The van der Waals surface area contributed by atoms with E-state index >= 15 is 0 Å². The van der Waals surface area contributed by atoms with Crippen molar-refractivity contribution in [3.63, 3.8) is 0 Å². The van der Waals surface area contributed by atoms with Gasteiger partial charge in [0.25, 0.3) is 0 Å². The number of hydrogen-bond donors (Lipinski definition) is 1. The molecule has 0 heterocycles. The Hall–Kier alpha value is -1.53. The van der Waals surface area contributed by atoms with Gasteiger partial charge in [0.2, 0.25) is 0 Å². The second-order valence-electron chi connectivity index (χ2n) is 6.11. The van der Waals surface area contributed by atoms with Crippen LogP contribution in [0, 0.1) is 31.1 Å². The zero-order valence-corrected chi connectivity index (χ0v) is 13.4. The molecule has 2 rings (SSSR count). The third-order valence-electron chi connectivity index (χ3n) is 4.57. The maximum absolute atomic E-state index is 9.56. The molecule has 1 N–H and O–H groups in total. The third kappa shape index (κ3) is 3.57. The molecule has 1 aromatic rings. The molecule has 1 saturated carbocycles. The molecule has 0 radical (unpaired) electrons. The van der Waals surface area contributed by atoms with Crippen molar-refractivity contribution in [2.24, 2.45) is 5.92 Å². The summed E-state index contributed by atoms with van der Waals surface area (Å²) in [6.07, 6.45) is 4.16. The Morgan fingerprint density at radius 1 is 1.43 bits per heavy atom. The minimum Gasteiger partial charge on any atom is -0.493 e. The fourth-order valence-electron chi connectivity index (χ4n) is 3.48. The number of hydrogen-bond acceptors (Lipinski definition) is 3. The minimum absolute atomic E-state index is 0.333. The highest BCUT2D eigenvalue weighted by atomic mass is 16.5. The average molecular weight is 286 g/mol. The van der Waals surface area contributed by atoms with Gasteiger partial charge in [0.15, 0.2) is 0 Å². The molecular formula is C18H26N2O. The minimum atomic E-state index is -0.333. The SMILES string of the molecule is CCNC1(C#N)CCCC1CCOc1ccc(C)cc1C. The Labute approximate surface area is 128 Å². The van der Waals surface area contributed by atoms with Crippen LogP contribution in [-0.4, -0.2) is 18.7 Å². The van der Waals surface area contributed by atoms with E-state index in [4.69, 9.17) is 4.74 Å². The molecule has 114 valence electrons. The number of benzene rings is 1. The fourth-order valence-corrected chi connectivity index (χ4v) is 3.48. The van der Waals surface area contributed by atoms with E-state index < -0.39 is 0 Å². The monoisotopic (exact) mass is 286 g/mol. The Kier molecular flexibility index (Phi) is 5.25. The van der Waals surface area contributed by atoms with Gasteiger partial charge in [-0.15, -0.1) is 0 Å². The fraction of sp³-hybridized carbons (Fsp3) is 0.611. The van der Waals surface area contributed by atoms with Crippen LogP contribution >= 0.6 is 0 Å². The number of rotatable bonds is 6. The maximum atomic E-state index is 9.56. The zero-order chi connectivity index (χ0) is 15.3. The van der Waals surface area contributed by atoms with Gasteiger partial charge in [-0.3, -0.25) is 5.32 Å². The second-order valence-corrected chi connectivity index (χ2v) is 6.11. The molecule has 0 aromatic heterocycles. The molecule has 0 saturated heterocycles. The van der Waals surface area contributed by atoms with Gasteiger partial charge in [0.05, 0.1) is 12.7 Å². The molecule has 1 fully saturated rings. The van der Waals surface area contributed by atoms with E-state index in [1.54, 1.807) is 0 Å². The second kappa shape index (κ2) is 6.95. The molecule has 0 amide bonds. The first-order valence-corrected chi connectivity index (χ1v) is 7.97. The van der Waals surface area contributed by atoms with Gasteiger partial charge in [-0.2, -0.15) is 5.26 Å². The summed E-state index contributed by atoms with van der Waals surface area (Å²) in [4.78, 5) is 0. The van der Waals surface area contributed by atoms with Crippen LogP contribution < -0.4 is 10.1 Å². The molecule has 21 heavy (non-hydrogen) atoms. The van der Waals surface area contributed by atoms with Crippen molar-refractivity contribution in [1.29, 1.82) is 5.26 Å². The molecule has 2 atom stereocenters. The van der Waals surface area contributed by atoms with E-state index in [1.165, 1.54) is 11.1 Å². The predicted octanol–water partition coefficient (Wildman–Crippen LogP) is 3.74. The Bertz CT molecular complexity index is 520. The van der Waals surface area contributed by atoms with Crippen LogP contribution in [0.3, 0.4) is 0 Å². The number of nitrogens with one attached hydrogen (secondary N) is 1. The van der Waals surface area contributed by atoms with Crippen LogP contribution in [-0.2, 0) is 0 Å². The topological polar surface area (TPSA) is 45.0 Å². The van der Waals surface area contributed by atoms with E-state index in [-0.39, 0.29) is 5.54 Å². The predicted molar refractivity (Wildman–Crippen MR) is 85.4 cm³/mol. The van der Waals surface area contributed by atoms with E-state index in [9.17, 15) is 5.26 Å². The first-order chi connectivity index (χ1) is 10.1. The van der Waals surface area contributed by atoms with Gasteiger partial charge in [0.1, 0.15) is 11.3 Å². The van der Waals surface area contributed by atoms with Crippen molar-refractivity contribution >= 4 is 0 Å². The first kappa shape index (κ1) is 15.9. The Balaban J connectivity index is 1.92. The van der Waals surface area contributed by atoms with Gasteiger partial charge in [-0.25, -0.2) is 0 Å². The summed E-state index contributed by atoms with van der Waals surface area (Å²) >= 11 is 0. The highest BCUT2D eigenvalue weighted by Crippen LogP contribution is 2.37. The van der Waals surface area contributed by atoms with Crippen molar-refractivity contribution < 1.29 is 4.74 Å². The van der Waals surface area contributed by atoms with Crippen molar-refractivity contribution in [3.05, 3.63) is 29.3 Å². The number of aryl methyl sites for hydroxylation is 2. The Morgan fingerprint density at radius 2 is 2.24 bits per heavy atom. The highest BCUT2D eigenvalue weighted by Gasteiger charge is 2.42. The third-order valence-corrected chi connectivity index (χ3v) is 4.57. The number of nitrogens with zero attached hydrogens (tertiary/aromatic N) is 1. The van der Waals surface area contributed by atoms with Crippen LogP contribution in [0.15, 0.2) is 18.2 Å². The molecule has 2 unspecified atom stereocenters. The highest BCUT2D eigenvalue weighted by molar-refractivity contribution is 5.35. The molecule has 1 aliphatic carbocycles. The molecule has 1 aromatic carbocycles. The average Bonchev–Trinajstić information content (AvgIpc) is 2.85. The molecule has 3 heteroatoms. The maximum Gasteiger partial charge on any atom is 0.122 e. The van der Waals surface area contributed by atoms with E-state index in [1.807, 2.05) is 6.07 Å². The van der Waals surface area contributed by atoms with Gasteiger partial charge < -0.3 is 4.74 Å². The summed E-state index contributed by atoms with van der Waals surface area (Å²) in [5, 5.41) is 13.0. The standard InChI is InChI=1S/C18H26N2O/c1-4-20-18(13-19)10-5-6-16(18)9-11-21-17-8-7-14(2)12-15(17)3/h7-8,12,16,20H,4-6,9-11H2,1-3H3. The van der Waals surface area contributed by atoms with Gasteiger partial charge in [0, 0.05) is 0 Å². The smallest absolute Gasteiger partial charge is 0.122 e. The lowest BCUT2D eigenvalue weighted by Crippen LogP contribution is -2.47. The first-order valence-electron chi connectivity index (χ1n) is 7.97. The summed E-state index contributed by atoms with van der Waals surface area (Å²) in [6, 6.07) is 8.79. The van der Waals surface area contributed by atoms with Crippen LogP contribution in [0.5, 0.6) is 5.75 Å². The number of ether oxygens (including phenoxy) is 1. The van der Waals surface area contributed by atoms with Gasteiger partial charge >= 0.3 is 0 Å². The summed E-state index contributed by atoms with van der Waals surface area (Å²) < 4.78 is 5.93. The Morgan fingerprint density at radius 3 is 2.90 bits per heavy atom. The molecule has 0 spiro atoms. The molecule has 1 aliphatic rings. The van der Waals surface area contributed by atoms with Crippen LogP contribution in [0.25, 0.3) is 0 Å². The summed E-state index contributed by atoms with van der Waals surface area (Å²) in [6.45, 7) is 7.77. The molecule has 3 nitrogen and oxygen atoms in total. The normalized spacial score (nSPS) is 24.8. The quantitative estimate of drug-likeness (QED) is 0.866. The van der Waals surface area contributed by atoms with Gasteiger partial charge in [-0.05, 0) is 57.2 Å². The summed E-state index contributed by atoms with van der Waals surface area (Å²) in [5.74, 6) is 1.36. The number of nitriles is 1. The molecular weight excluding hydrogens is 260 g/mol. The lowest BCUT2D eigenvalue weighted by Gasteiger charge is -2.29. The van der Waals surface area contributed by atoms with Crippen molar-refractivity contribution in [2.45, 2.75) is 52.0 Å². The summed E-state index contributed by atoms with van der Waals surface area (Å²) in [7, 11) is 0. The van der Waals surface area contributed by atoms with E-state index in [2.05, 4.69) is 44.3 Å². The largest absolute Gasteiger partial charge is 0.493 e. The van der Waals surface area contributed by atoms with Crippen molar-refractivity contribution in [2.75, 3.05) is 13.2 Å². The lowest BCUT2D eigenvalue weighted by atomic mass is 9.86. The van der Waals surface area contributed by atoms with Crippen LogP contribution in [0.1, 0.15) is 43.7 Å². The van der Waals surface area contributed by atoms with E-state index in [0.29, 0.717) is 12.5 Å². The molecule has 0 aliphatic heterocycles. The van der Waals surface area contributed by atoms with E-state index in [0.717, 1.165) is 38.0 Å². The lowest BCUT2D eigenvalue weighted by molar-refractivity contribution is 0.234. The molecule has 0 bridgehead atoms. The summed E-state index contributed by atoms with van der Waals surface area (Å²) in [5.41, 5.74) is 2.10. The van der Waals surface area contributed by atoms with Crippen molar-refractivity contribution in [3.8, 4) is 11.8 Å². The van der Waals surface area contributed by atoms with Crippen molar-refractivity contribution in [1.82, 2.24) is 5.32 Å². The van der Waals surface area contributed by atoms with Crippen LogP contribution in [0.4, 0.5) is 0 Å². The van der Waals surface area contributed by atoms with Gasteiger partial charge in [-0.1, -0.05) is 31.0 Å². The zero-order valence-electron chi connectivity index (χ0n) is 13.4. The van der Waals surface area contributed by atoms with Crippen LogP contribution in [0.2, 0.25) is 0 Å².